The van der Waals surface area contributed by atoms with Crippen molar-refractivity contribution < 1.29 is 9.13 Å². The number of benzene rings is 1. The normalized spacial score (nSPS) is 16.5. The van der Waals surface area contributed by atoms with E-state index in [2.05, 4.69) is 10.2 Å². The number of morpholine rings is 1. The predicted molar refractivity (Wildman–Crippen MR) is 76.2 cm³/mol. The third kappa shape index (κ3) is 4.23. The van der Waals surface area contributed by atoms with Gasteiger partial charge in [0.05, 0.1) is 29.6 Å². The summed E-state index contributed by atoms with van der Waals surface area (Å²) in [5.41, 5.74) is 6.85. The van der Waals surface area contributed by atoms with Gasteiger partial charge >= 0.3 is 0 Å². The molecule has 0 saturated carbocycles. The zero-order valence-electron chi connectivity index (χ0n) is 10.8. The van der Waals surface area contributed by atoms with Crippen LogP contribution in [-0.2, 0) is 4.74 Å². The summed E-state index contributed by atoms with van der Waals surface area (Å²) in [5, 5.41) is 3.19. The Morgan fingerprint density at radius 1 is 1.37 bits per heavy atom. The summed E-state index contributed by atoms with van der Waals surface area (Å²) in [5.74, 6) is -0.452. The molecule has 19 heavy (non-hydrogen) atoms. The minimum absolute atomic E-state index is 0.0522. The molecule has 1 heterocycles. The molecule has 1 aliphatic heterocycles. The van der Waals surface area contributed by atoms with Crippen LogP contribution < -0.4 is 11.1 Å². The molecule has 3 N–H and O–H groups in total. The molecule has 0 aromatic heterocycles. The van der Waals surface area contributed by atoms with Crippen LogP contribution in [0.4, 0.5) is 15.8 Å². The summed E-state index contributed by atoms with van der Waals surface area (Å²) in [6.07, 6.45) is 0.976. The molecule has 0 unspecified atom stereocenters. The lowest BCUT2D eigenvalue weighted by Gasteiger charge is -2.26. The van der Waals surface area contributed by atoms with E-state index in [1.807, 2.05) is 0 Å². The van der Waals surface area contributed by atoms with Gasteiger partial charge in [-0.25, -0.2) is 4.39 Å². The molecule has 4 nitrogen and oxygen atoms in total. The Morgan fingerprint density at radius 2 is 2.11 bits per heavy atom. The molecular weight excluding hydrogens is 269 g/mol. The van der Waals surface area contributed by atoms with Crippen molar-refractivity contribution in [2.45, 2.75) is 6.42 Å². The molecule has 2 rings (SSSR count). The van der Waals surface area contributed by atoms with Crippen LogP contribution >= 0.6 is 11.6 Å². The van der Waals surface area contributed by atoms with E-state index < -0.39 is 5.82 Å². The minimum atomic E-state index is -0.452. The van der Waals surface area contributed by atoms with Crippen LogP contribution in [0.3, 0.4) is 0 Å². The highest BCUT2D eigenvalue weighted by Crippen LogP contribution is 2.25. The van der Waals surface area contributed by atoms with Crippen molar-refractivity contribution in [1.29, 1.82) is 0 Å². The molecule has 0 bridgehead atoms. The average Bonchev–Trinajstić information content (AvgIpc) is 2.41. The fraction of sp³-hybridized carbons (Fsp3) is 0.538. The maximum absolute atomic E-state index is 13.3. The Bertz CT molecular complexity index is 425. The average molecular weight is 288 g/mol. The van der Waals surface area contributed by atoms with E-state index in [4.69, 9.17) is 22.1 Å². The monoisotopic (exact) mass is 287 g/mol. The summed E-state index contributed by atoms with van der Waals surface area (Å²) in [6.45, 7) is 5.34. The smallest absolute Gasteiger partial charge is 0.143 e. The first kappa shape index (κ1) is 14.4. The number of ether oxygens (including phenoxy) is 1. The van der Waals surface area contributed by atoms with Crippen LogP contribution in [0.25, 0.3) is 0 Å². The van der Waals surface area contributed by atoms with Crippen LogP contribution in [0.15, 0.2) is 12.1 Å². The topological polar surface area (TPSA) is 50.5 Å². The number of halogens is 2. The predicted octanol–water partition coefficient (Wildman–Crippen LogP) is 2.20. The lowest BCUT2D eigenvalue weighted by Crippen LogP contribution is -2.37. The third-order valence-corrected chi connectivity index (χ3v) is 3.45. The minimum Gasteiger partial charge on any atom is -0.397 e. The second kappa shape index (κ2) is 6.93. The summed E-state index contributed by atoms with van der Waals surface area (Å²) >= 11 is 5.65. The van der Waals surface area contributed by atoms with Crippen molar-refractivity contribution in [2.24, 2.45) is 0 Å². The van der Waals surface area contributed by atoms with E-state index in [1.165, 1.54) is 12.1 Å². The maximum Gasteiger partial charge on any atom is 0.143 e. The number of anilines is 2. The Morgan fingerprint density at radius 3 is 2.84 bits per heavy atom. The number of hydrogen-bond acceptors (Lipinski definition) is 4. The van der Waals surface area contributed by atoms with Gasteiger partial charge in [-0.2, -0.15) is 0 Å². The first-order valence-electron chi connectivity index (χ1n) is 6.45. The fourth-order valence-electron chi connectivity index (χ4n) is 2.07. The van der Waals surface area contributed by atoms with Gasteiger partial charge in [-0.1, -0.05) is 11.6 Å². The zero-order valence-corrected chi connectivity index (χ0v) is 11.5. The van der Waals surface area contributed by atoms with Crippen LogP contribution in [0.2, 0.25) is 5.02 Å². The lowest BCUT2D eigenvalue weighted by molar-refractivity contribution is 0.0378. The number of nitrogens with zero attached hydrogens (tertiary/aromatic N) is 1. The molecule has 1 saturated heterocycles. The van der Waals surface area contributed by atoms with Gasteiger partial charge in [0.2, 0.25) is 0 Å². The quantitative estimate of drug-likeness (QED) is 0.644. The number of nitrogens with one attached hydrogen (secondary N) is 1. The van der Waals surface area contributed by atoms with E-state index in [-0.39, 0.29) is 5.02 Å². The Balaban J connectivity index is 1.74. The molecule has 0 radical (unpaired) electrons. The molecule has 1 aromatic rings. The molecule has 0 atom stereocenters. The molecular formula is C13H19ClFN3O. The van der Waals surface area contributed by atoms with Crippen LogP contribution in [0.5, 0.6) is 0 Å². The molecule has 0 aliphatic carbocycles. The summed E-state index contributed by atoms with van der Waals surface area (Å²) in [6, 6.07) is 2.77. The fourth-order valence-corrected chi connectivity index (χ4v) is 2.24. The second-order valence-electron chi connectivity index (χ2n) is 4.59. The number of nitrogen functional groups attached to an aromatic ring is 1. The van der Waals surface area contributed by atoms with Crippen molar-refractivity contribution in [3.63, 3.8) is 0 Å². The van der Waals surface area contributed by atoms with E-state index in [9.17, 15) is 4.39 Å². The second-order valence-corrected chi connectivity index (χ2v) is 5.00. The van der Waals surface area contributed by atoms with Crippen molar-refractivity contribution in [3.8, 4) is 0 Å². The van der Waals surface area contributed by atoms with E-state index >= 15 is 0 Å². The molecule has 0 spiro atoms. The first-order chi connectivity index (χ1) is 9.16. The van der Waals surface area contributed by atoms with Gasteiger partial charge in [0.15, 0.2) is 0 Å². The Hall–Kier alpha value is -1.04. The van der Waals surface area contributed by atoms with Crippen molar-refractivity contribution >= 4 is 23.0 Å². The SMILES string of the molecule is Nc1cc(Cl)c(F)cc1NCCCN1CCOCC1. The number of nitrogens with two attached hydrogens (primary N) is 1. The molecule has 6 heteroatoms. The van der Waals surface area contributed by atoms with Gasteiger partial charge in [0.1, 0.15) is 5.82 Å². The van der Waals surface area contributed by atoms with Gasteiger partial charge < -0.3 is 15.8 Å². The first-order valence-corrected chi connectivity index (χ1v) is 6.83. The van der Waals surface area contributed by atoms with E-state index in [0.29, 0.717) is 11.4 Å². The van der Waals surface area contributed by atoms with Crippen LogP contribution in [0, 0.1) is 5.82 Å². The summed E-state index contributed by atoms with van der Waals surface area (Å²) in [7, 11) is 0. The van der Waals surface area contributed by atoms with Gasteiger partial charge in [-0.15, -0.1) is 0 Å². The van der Waals surface area contributed by atoms with Crippen molar-refractivity contribution in [1.82, 2.24) is 4.90 Å². The largest absolute Gasteiger partial charge is 0.397 e. The van der Waals surface area contributed by atoms with Crippen molar-refractivity contribution in [3.05, 3.63) is 23.0 Å². The highest BCUT2D eigenvalue weighted by Gasteiger charge is 2.10. The maximum atomic E-state index is 13.3. The third-order valence-electron chi connectivity index (χ3n) is 3.16. The lowest BCUT2D eigenvalue weighted by atomic mass is 10.2. The molecule has 1 fully saturated rings. The molecule has 1 aliphatic rings. The van der Waals surface area contributed by atoms with Gasteiger partial charge in [-0.3, -0.25) is 4.90 Å². The van der Waals surface area contributed by atoms with Crippen LogP contribution in [-0.4, -0.2) is 44.3 Å². The van der Waals surface area contributed by atoms with Crippen LogP contribution in [0.1, 0.15) is 6.42 Å². The molecule has 106 valence electrons. The number of hydrogen-bond donors (Lipinski definition) is 2. The van der Waals surface area contributed by atoms with E-state index in [1.54, 1.807) is 0 Å². The van der Waals surface area contributed by atoms with Gasteiger partial charge in [0, 0.05) is 25.7 Å². The van der Waals surface area contributed by atoms with Crippen molar-refractivity contribution in [2.75, 3.05) is 50.4 Å². The summed E-state index contributed by atoms with van der Waals surface area (Å²) < 4.78 is 18.6. The highest BCUT2D eigenvalue weighted by molar-refractivity contribution is 6.31. The highest BCUT2D eigenvalue weighted by atomic mass is 35.5. The summed E-state index contributed by atoms with van der Waals surface area (Å²) in [4.78, 5) is 2.36. The van der Waals surface area contributed by atoms with Gasteiger partial charge in [0.25, 0.3) is 0 Å². The molecule has 0 amide bonds. The molecule has 1 aromatic carbocycles. The standard InChI is InChI=1S/C13H19ClFN3O/c14-10-8-12(16)13(9-11(10)15)17-2-1-3-18-4-6-19-7-5-18/h8-9,17H,1-7,16H2. The number of rotatable bonds is 5. The zero-order chi connectivity index (χ0) is 13.7. The van der Waals surface area contributed by atoms with E-state index in [0.717, 1.165) is 45.8 Å². The Labute approximate surface area is 117 Å². The Kier molecular flexibility index (Phi) is 5.24. The van der Waals surface area contributed by atoms with Gasteiger partial charge in [-0.05, 0) is 19.0 Å².